The molecule has 148 valence electrons. The van der Waals surface area contributed by atoms with Crippen LogP contribution in [-0.4, -0.2) is 34.5 Å². The monoisotopic (exact) mass is 428 g/mol. The van der Waals surface area contributed by atoms with Gasteiger partial charge < -0.3 is 9.47 Å². The summed E-state index contributed by atoms with van der Waals surface area (Å²) in [5, 5.41) is 9.42. The number of amides is 1. The maximum Gasteiger partial charge on any atom is 0.247 e. The lowest BCUT2D eigenvalue weighted by atomic mass is 10.1. The number of thioether (sulfide) groups is 1. The van der Waals surface area contributed by atoms with Crippen LogP contribution in [0.1, 0.15) is 18.7 Å². The smallest absolute Gasteiger partial charge is 0.247 e. The number of hydrogen-bond acceptors (Lipinski definition) is 7. The van der Waals surface area contributed by atoms with Crippen molar-refractivity contribution in [3.63, 3.8) is 0 Å². The first-order valence-electron chi connectivity index (χ1n) is 8.71. The van der Waals surface area contributed by atoms with Crippen molar-refractivity contribution in [1.29, 1.82) is 0 Å². The molecule has 1 aromatic heterocycles. The fourth-order valence-electron chi connectivity index (χ4n) is 3.24. The zero-order chi connectivity index (χ0) is 20.5. The highest BCUT2D eigenvalue weighted by Crippen LogP contribution is 2.45. The number of ether oxygens (including phenoxy) is 2. The number of nitrogens with zero attached hydrogens (tertiary/aromatic N) is 4. The Balaban J connectivity index is 2.01. The van der Waals surface area contributed by atoms with Crippen LogP contribution in [0, 0.1) is 0 Å². The second kappa shape index (κ2) is 7.88. The molecule has 1 aliphatic rings. The molecule has 9 heteroatoms. The van der Waals surface area contributed by atoms with Crippen LogP contribution in [-0.2, 0) is 4.79 Å². The molecule has 0 unspecified atom stereocenters. The van der Waals surface area contributed by atoms with Crippen LogP contribution in [0.4, 0.5) is 5.69 Å². The Hall–Kier alpha value is -2.84. The third-order valence-electron chi connectivity index (χ3n) is 4.49. The minimum Gasteiger partial charge on any atom is -0.496 e. The van der Waals surface area contributed by atoms with E-state index < -0.39 is 6.23 Å². The molecule has 29 heavy (non-hydrogen) atoms. The number of benzene rings is 2. The molecular weight excluding hydrogens is 412 g/mol. The number of anilines is 1. The lowest BCUT2D eigenvalue weighted by molar-refractivity contribution is -0.118. The van der Waals surface area contributed by atoms with Gasteiger partial charge in [0.1, 0.15) is 5.75 Å². The van der Waals surface area contributed by atoms with Gasteiger partial charge in [-0.05, 0) is 30.5 Å². The molecule has 0 radical (unpaired) electrons. The fraction of sp³-hybridized carbons (Fsp3) is 0.200. The Morgan fingerprint density at radius 3 is 2.76 bits per heavy atom. The second-order valence-corrected chi connectivity index (χ2v) is 7.42. The number of carbonyl (C=O) groups excluding carboxylic acids is 1. The van der Waals surface area contributed by atoms with Gasteiger partial charge in [0.05, 0.1) is 18.4 Å². The average Bonchev–Trinajstić information content (AvgIpc) is 2.87. The Labute approximate surface area is 177 Å². The molecule has 0 N–H and O–H groups in total. The van der Waals surface area contributed by atoms with Gasteiger partial charge in [-0.15, -0.1) is 10.2 Å². The standard InChI is InChI=1S/C20H17ClN4O3S/c1-11(26)25-15-7-5-4-6-13(15)17-18(22-20(29-3)24-23-17)28-19(25)14-10-12(21)8-9-16(14)27-2/h4-10,19H,1-3H3/t19-/m0/s1. The molecule has 0 saturated heterocycles. The summed E-state index contributed by atoms with van der Waals surface area (Å²) in [4.78, 5) is 18.8. The van der Waals surface area contributed by atoms with Crippen molar-refractivity contribution in [3.8, 4) is 22.9 Å². The van der Waals surface area contributed by atoms with Crippen LogP contribution in [0.25, 0.3) is 11.3 Å². The molecule has 0 fully saturated rings. The van der Waals surface area contributed by atoms with Gasteiger partial charge in [0.15, 0.2) is 5.69 Å². The van der Waals surface area contributed by atoms with Gasteiger partial charge in [-0.25, -0.2) is 0 Å². The lowest BCUT2D eigenvalue weighted by Crippen LogP contribution is -2.36. The molecule has 3 aromatic rings. The summed E-state index contributed by atoms with van der Waals surface area (Å²) in [6.07, 6.45) is 1.00. The van der Waals surface area contributed by atoms with Crippen molar-refractivity contribution in [1.82, 2.24) is 15.2 Å². The van der Waals surface area contributed by atoms with E-state index >= 15 is 0 Å². The van der Waals surface area contributed by atoms with E-state index in [9.17, 15) is 4.79 Å². The topological polar surface area (TPSA) is 77.4 Å². The molecule has 1 aliphatic heterocycles. The number of hydrogen-bond donors (Lipinski definition) is 0. The molecule has 2 heterocycles. The van der Waals surface area contributed by atoms with Gasteiger partial charge in [0, 0.05) is 17.5 Å². The number of methoxy groups -OCH3 is 1. The molecule has 4 rings (SSSR count). The summed E-state index contributed by atoms with van der Waals surface area (Å²) in [7, 11) is 1.55. The Morgan fingerprint density at radius 2 is 2.03 bits per heavy atom. The summed E-state index contributed by atoms with van der Waals surface area (Å²) in [6.45, 7) is 1.48. The van der Waals surface area contributed by atoms with Crippen LogP contribution in [0.3, 0.4) is 0 Å². The molecule has 7 nitrogen and oxygen atoms in total. The maximum atomic E-state index is 12.8. The third-order valence-corrected chi connectivity index (χ3v) is 5.26. The van der Waals surface area contributed by atoms with E-state index in [0.29, 0.717) is 38.4 Å². The number of carbonyl (C=O) groups is 1. The van der Waals surface area contributed by atoms with E-state index in [4.69, 9.17) is 21.1 Å². The second-order valence-electron chi connectivity index (χ2n) is 6.21. The summed E-state index contributed by atoms with van der Waals surface area (Å²) in [6, 6.07) is 12.6. The van der Waals surface area contributed by atoms with Gasteiger partial charge in [0.2, 0.25) is 23.2 Å². The SMILES string of the molecule is COc1ccc(Cl)cc1[C@@H]1Oc2nc(SC)nnc2-c2ccccc2N1C(C)=O. The zero-order valence-electron chi connectivity index (χ0n) is 15.9. The first-order valence-corrected chi connectivity index (χ1v) is 10.3. The van der Waals surface area contributed by atoms with E-state index in [1.807, 2.05) is 30.5 Å². The van der Waals surface area contributed by atoms with Crippen molar-refractivity contribution in [2.75, 3.05) is 18.3 Å². The predicted octanol–water partition coefficient (Wildman–Crippen LogP) is 4.37. The number of halogens is 1. The average molecular weight is 429 g/mol. The summed E-state index contributed by atoms with van der Waals surface area (Å²) >= 11 is 7.61. The first-order chi connectivity index (χ1) is 14.0. The Kier molecular flexibility index (Phi) is 5.29. The summed E-state index contributed by atoms with van der Waals surface area (Å²) in [5.74, 6) is 0.613. The molecule has 1 amide bonds. The molecule has 0 spiro atoms. The van der Waals surface area contributed by atoms with Crippen molar-refractivity contribution < 1.29 is 14.3 Å². The van der Waals surface area contributed by atoms with Crippen LogP contribution in [0.15, 0.2) is 47.6 Å². The van der Waals surface area contributed by atoms with Gasteiger partial charge in [0.25, 0.3) is 0 Å². The largest absolute Gasteiger partial charge is 0.496 e. The fourth-order valence-corrected chi connectivity index (χ4v) is 3.72. The van der Waals surface area contributed by atoms with Crippen LogP contribution < -0.4 is 14.4 Å². The van der Waals surface area contributed by atoms with Crippen molar-refractivity contribution >= 4 is 35.0 Å². The minimum atomic E-state index is -0.852. The molecule has 0 bridgehead atoms. The normalized spacial score (nSPS) is 15.0. The van der Waals surface area contributed by atoms with Crippen LogP contribution >= 0.6 is 23.4 Å². The third kappa shape index (κ3) is 3.49. The number of rotatable bonds is 3. The molecule has 0 aliphatic carbocycles. The number of aromatic nitrogens is 3. The number of fused-ring (bicyclic) bond motifs is 3. The van der Waals surface area contributed by atoms with Crippen LogP contribution in [0.2, 0.25) is 5.02 Å². The quantitative estimate of drug-likeness (QED) is 0.573. The van der Waals surface area contributed by atoms with Gasteiger partial charge in [-0.1, -0.05) is 41.6 Å². The van der Waals surface area contributed by atoms with Crippen molar-refractivity contribution in [3.05, 3.63) is 53.1 Å². The summed E-state index contributed by atoms with van der Waals surface area (Å²) in [5.41, 5.74) is 2.41. The molecule has 1 atom stereocenters. The highest BCUT2D eigenvalue weighted by atomic mass is 35.5. The van der Waals surface area contributed by atoms with E-state index in [2.05, 4.69) is 15.2 Å². The molecule has 0 saturated carbocycles. The highest BCUT2D eigenvalue weighted by Gasteiger charge is 2.36. The molecule has 2 aromatic carbocycles. The van der Waals surface area contributed by atoms with E-state index in [1.54, 1.807) is 30.2 Å². The van der Waals surface area contributed by atoms with Crippen molar-refractivity contribution in [2.45, 2.75) is 18.3 Å². The molecular formula is C20H17ClN4O3S. The van der Waals surface area contributed by atoms with Crippen LogP contribution in [0.5, 0.6) is 11.6 Å². The van der Waals surface area contributed by atoms with Gasteiger partial charge in [-0.3, -0.25) is 9.69 Å². The highest BCUT2D eigenvalue weighted by molar-refractivity contribution is 7.98. The van der Waals surface area contributed by atoms with E-state index in [0.717, 1.165) is 0 Å². The van der Waals surface area contributed by atoms with Gasteiger partial charge >= 0.3 is 0 Å². The number of para-hydroxylation sites is 1. The van der Waals surface area contributed by atoms with Crippen molar-refractivity contribution in [2.24, 2.45) is 0 Å². The Morgan fingerprint density at radius 1 is 1.24 bits per heavy atom. The van der Waals surface area contributed by atoms with E-state index in [1.165, 1.54) is 18.7 Å². The Bertz CT molecular complexity index is 1100. The predicted molar refractivity (Wildman–Crippen MR) is 112 cm³/mol. The zero-order valence-corrected chi connectivity index (χ0v) is 17.5. The first kappa shape index (κ1) is 19.5. The van der Waals surface area contributed by atoms with Gasteiger partial charge in [-0.2, -0.15) is 4.98 Å². The lowest BCUT2D eigenvalue weighted by Gasteiger charge is -2.30. The van der Waals surface area contributed by atoms with E-state index in [-0.39, 0.29) is 11.8 Å². The minimum absolute atomic E-state index is 0.213. The maximum absolute atomic E-state index is 12.8. The summed E-state index contributed by atoms with van der Waals surface area (Å²) < 4.78 is 11.8.